The van der Waals surface area contributed by atoms with Gasteiger partial charge < -0.3 is 0 Å². The number of hydrogen-bond acceptors (Lipinski definition) is 0. The fraction of sp³-hybridized carbons (Fsp3) is 0.250. The molecule has 0 fully saturated rings. The van der Waals surface area contributed by atoms with E-state index in [0.717, 1.165) is 12.0 Å². The maximum atomic E-state index is 3.92. The van der Waals surface area contributed by atoms with E-state index in [0.29, 0.717) is 5.92 Å². The third-order valence-electron chi connectivity index (χ3n) is 2.95. The van der Waals surface area contributed by atoms with Gasteiger partial charge in [-0.15, -0.1) is 0 Å². The van der Waals surface area contributed by atoms with E-state index in [4.69, 9.17) is 0 Å². The Labute approximate surface area is 98.0 Å². The summed E-state index contributed by atoms with van der Waals surface area (Å²) in [6.45, 7) is 5.96. The first kappa shape index (κ1) is 10.9. The van der Waals surface area contributed by atoms with Crippen LogP contribution in [-0.2, 0) is 0 Å². The van der Waals surface area contributed by atoms with Gasteiger partial charge in [-0.1, -0.05) is 60.7 Å². The van der Waals surface area contributed by atoms with Crippen LogP contribution in [0.25, 0.3) is 0 Å². The predicted octanol–water partition coefficient (Wildman–Crippen LogP) is 4.62. The van der Waals surface area contributed by atoms with Crippen molar-refractivity contribution in [3.63, 3.8) is 0 Å². The fourth-order valence-electron chi connectivity index (χ4n) is 2.16. The molecule has 1 aromatic rings. The fourth-order valence-corrected chi connectivity index (χ4v) is 2.16. The van der Waals surface area contributed by atoms with Crippen LogP contribution in [0.4, 0.5) is 0 Å². The maximum absolute atomic E-state index is 3.92. The minimum atomic E-state index is 0.587. The van der Waals surface area contributed by atoms with Crippen LogP contribution < -0.4 is 0 Å². The van der Waals surface area contributed by atoms with Crippen molar-refractivity contribution in [2.75, 3.05) is 0 Å². The van der Waals surface area contributed by atoms with Gasteiger partial charge in [-0.05, 0) is 30.9 Å². The summed E-state index contributed by atoms with van der Waals surface area (Å²) >= 11 is 0. The van der Waals surface area contributed by atoms with Gasteiger partial charge in [0, 0.05) is 5.92 Å². The van der Waals surface area contributed by atoms with Crippen molar-refractivity contribution in [1.82, 2.24) is 0 Å². The van der Waals surface area contributed by atoms with Gasteiger partial charge in [0.25, 0.3) is 0 Å². The number of benzene rings is 1. The average Bonchev–Trinajstić information content (AvgIpc) is 2.30. The average molecular weight is 210 g/mol. The SMILES string of the molecule is C=C(C)/C=C1\C=CC(c2ccccc2)CC1. The third kappa shape index (κ3) is 2.73. The first-order valence-electron chi connectivity index (χ1n) is 5.85. The van der Waals surface area contributed by atoms with Crippen LogP contribution in [-0.4, -0.2) is 0 Å². The standard InChI is InChI=1S/C16H18/c1-13(2)12-14-8-10-16(11-9-14)15-6-4-3-5-7-15/h3-8,10,12,16H,1,9,11H2,2H3/b14-12+. The van der Waals surface area contributed by atoms with Crippen LogP contribution in [0, 0.1) is 0 Å². The zero-order chi connectivity index (χ0) is 11.4. The second-order valence-corrected chi connectivity index (χ2v) is 4.48. The molecule has 1 aromatic carbocycles. The Kier molecular flexibility index (Phi) is 3.40. The van der Waals surface area contributed by atoms with Crippen LogP contribution in [0.3, 0.4) is 0 Å². The van der Waals surface area contributed by atoms with Crippen molar-refractivity contribution in [2.24, 2.45) is 0 Å². The Hall–Kier alpha value is -1.56. The number of hydrogen-bond donors (Lipinski definition) is 0. The van der Waals surface area contributed by atoms with E-state index in [-0.39, 0.29) is 0 Å². The molecular formula is C16H18. The minimum Gasteiger partial charge on any atom is -0.0961 e. The van der Waals surface area contributed by atoms with Gasteiger partial charge in [0.05, 0.1) is 0 Å². The van der Waals surface area contributed by atoms with E-state index in [1.165, 1.54) is 17.6 Å². The van der Waals surface area contributed by atoms with Crippen molar-refractivity contribution in [3.8, 4) is 0 Å². The van der Waals surface area contributed by atoms with Crippen molar-refractivity contribution < 1.29 is 0 Å². The van der Waals surface area contributed by atoms with Crippen LogP contribution in [0.5, 0.6) is 0 Å². The zero-order valence-corrected chi connectivity index (χ0v) is 9.82. The maximum Gasteiger partial charge on any atom is 0.00243 e. The van der Waals surface area contributed by atoms with Gasteiger partial charge in [-0.25, -0.2) is 0 Å². The number of rotatable bonds is 2. The Morgan fingerprint density at radius 3 is 2.62 bits per heavy atom. The second-order valence-electron chi connectivity index (χ2n) is 4.48. The first-order valence-corrected chi connectivity index (χ1v) is 5.85. The molecule has 2 rings (SSSR count). The molecule has 0 nitrogen and oxygen atoms in total. The van der Waals surface area contributed by atoms with Crippen molar-refractivity contribution in [1.29, 1.82) is 0 Å². The molecule has 1 aliphatic carbocycles. The topological polar surface area (TPSA) is 0 Å². The lowest BCUT2D eigenvalue weighted by molar-refractivity contribution is 0.716. The molecule has 0 heterocycles. The molecular weight excluding hydrogens is 192 g/mol. The zero-order valence-electron chi connectivity index (χ0n) is 9.82. The van der Waals surface area contributed by atoms with Crippen molar-refractivity contribution in [2.45, 2.75) is 25.7 Å². The molecule has 0 radical (unpaired) electrons. The highest BCUT2D eigenvalue weighted by atomic mass is 14.2. The molecule has 1 atom stereocenters. The molecule has 0 aromatic heterocycles. The summed E-state index contributed by atoms with van der Waals surface area (Å²) in [7, 11) is 0. The number of allylic oxidation sites excluding steroid dienone is 5. The molecule has 0 aliphatic heterocycles. The van der Waals surface area contributed by atoms with Gasteiger partial charge in [0.15, 0.2) is 0 Å². The lowest BCUT2D eigenvalue weighted by Gasteiger charge is -2.18. The van der Waals surface area contributed by atoms with E-state index in [1.807, 2.05) is 6.92 Å². The van der Waals surface area contributed by atoms with E-state index < -0.39 is 0 Å². The molecule has 0 amide bonds. The van der Waals surface area contributed by atoms with E-state index in [2.05, 4.69) is 55.1 Å². The Morgan fingerprint density at radius 2 is 2.06 bits per heavy atom. The van der Waals surface area contributed by atoms with Crippen molar-refractivity contribution in [3.05, 3.63) is 71.8 Å². The summed E-state index contributed by atoms with van der Waals surface area (Å²) in [4.78, 5) is 0. The van der Waals surface area contributed by atoms with E-state index in [9.17, 15) is 0 Å². The molecule has 1 aliphatic rings. The predicted molar refractivity (Wildman–Crippen MR) is 70.5 cm³/mol. The Morgan fingerprint density at radius 1 is 1.31 bits per heavy atom. The summed E-state index contributed by atoms with van der Waals surface area (Å²) in [6.07, 6.45) is 9.10. The normalized spacial score (nSPS) is 22.3. The van der Waals surface area contributed by atoms with Crippen LogP contribution in [0.15, 0.2) is 66.3 Å². The Balaban J connectivity index is 2.12. The molecule has 0 saturated heterocycles. The summed E-state index contributed by atoms with van der Waals surface area (Å²) < 4.78 is 0. The molecule has 16 heavy (non-hydrogen) atoms. The smallest absolute Gasteiger partial charge is 0.00243 e. The van der Waals surface area contributed by atoms with Gasteiger partial charge in [-0.3, -0.25) is 0 Å². The molecule has 82 valence electrons. The highest BCUT2D eigenvalue weighted by Gasteiger charge is 2.12. The molecule has 1 unspecified atom stereocenters. The highest BCUT2D eigenvalue weighted by Crippen LogP contribution is 2.30. The van der Waals surface area contributed by atoms with Crippen molar-refractivity contribution >= 4 is 0 Å². The monoisotopic (exact) mass is 210 g/mol. The molecule has 0 N–H and O–H groups in total. The summed E-state index contributed by atoms with van der Waals surface area (Å²) in [6, 6.07) is 10.7. The van der Waals surface area contributed by atoms with Gasteiger partial charge in [0.2, 0.25) is 0 Å². The molecule has 0 heteroatoms. The molecule has 0 saturated carbocycles. The Bertz CT molecular complexity index is 421. The molecule has 0 bridgehead atoms. The van der Waals surface area contributed by atoms with E-state index >= 15 is 0 Å². The van der Waals surface area contributed by atoms with Gasteiger partial charge in [-0.2, -0.15) is 0 Å². The van der Waals surface area contributed by atoms with Crippen LogP contribution >= 0.6 is 0 Å². The highest BCUT2D eigenvalue weighted by molar-refractivity contribution is 5.34. The summed E-state index contributed by atoms with van der Waals surface area (Å²) in [5, 5.41) is 0. The first-order chi connectivity index (χ1) is 7.75. The van der Waals surface area contributed by atoms with Gasteiger partial charge >= 0.3 is 0 Å². The summed E-state index contributed by atoms with van der Waals surface area (Å²) in [5.41, 5.74) is 3.96. The summed E-state index contributed by atoms with van der Waals surface area (Å²) in [5.74, 6) is 0.587. The lowest BCUT2D eigenvalue weighted by atomic mass is 9.87. The molecule has 0 spiro atoms. The van der Waals surface area contributed by atoms with Crippen LogP contribution in [0.2, 0.25) is 0 Å². The second kappa shape index (κ2) is 4.98. The van der Waals surface area contributed by atoms with E-state index in [1.54, 1.807) is 0 Å². The third-order valence-corrected chi connectivity index (χ3v) is 2.95. The lowest BCUT2D eigenvalue weighted by Crippen LogP contribution is -2.00. The quantitative estimate of drug-likeness (QED) is 0.668. The minimum absolute atomic E-state index is 0.587. The largest absolute Gasteiger partial charge is 0.0961 e. The van der Waals surface area contributed by atoms with Crippen LogP contribution in [0.1, 0.15) is 31.2 Å². The van der Waals surface area contributed by atoms with Gasteiger partial charge in [0.1, 0.15) is 0 Å².